The van der Waals surface area contributed by atoms with Crippen molar-refractivity contribution >= 4 is 39.8 Å². The molecule has 0 spiro atoms. The van der Waals surface area contributed by atoms with Crippen LogP contribution in [0.3, 0.4) is 0 Å². The largest absolute Gasteiger partial charge is 0.493 e. The average Bonchev–Trinajstić information content (AvgIpc) is 3.03. The third-order valence-corrected chi connectivity index (χ3v) is 5.45. The van der Waals surface area contributed by atoms with Crippen LogP contribution in [0.1, 0.15) is 11.3 Å². The van der Waals surface area contributed by atoms with Crippen LogP contribution in [0, 0.1) is 13.5 Å². The van der Waals surface area contributed by atoms with E-state index in [0.717, 1.165) is 27.8 Å². The molecule has 0 saturated heterocycles. The molecule has 0 aliphatic heterocycles. The highest BCUT2D eigenvalue weighted by molar-refractivity contribution is 6.36. The summed E-state index contributed by atoms with van der Waals surface area (Å²) in [5.74, 6) is 0.00793. The Morgan fingerprint density at radius 1 is 1.17 bits per heavy atom. The lowest BCUT2D eigenvalue weighted by atomic mass is 9.96. The van der Waals surface area contributed by atoms with Crippen molar-refractivity contribution in [3.8, 4) is 22.7 Å². The number of aromatic hydroxyl groups is 1. The molecule has 7 heteroatoms. The van der Waals surface area contributed by atoms with E-state index in [1.54, 1.807) is 41.0 Å². The fourth-order valence-corrected chi connectivity index (χ4v) is 3.99. The van der Waals surface area contributed by atoms with Crippen LogP contribution in [0.2, 0.25) is 10.0 Å². The number of nitrogens with zero attached hydrogens (tertiary/aromatic N) is 3. The monoisotopic (exact) mass is 422 g/mol. The van der Waals surface area contributed by atoms with E-state index < -0.39 is 0 Å². The zero-order valence-electron chi connectivity index (χ0n) is 15.4. The Balaban J connectivity index is 2.05. The van der Waals surface area contributed by atoms with Crippen LogP contribution in [-0.2, 0) is 6.54 Å². The lowest BCUT2D eigenvalue weighted by molar-refractivity contribution is 0.447. The summed E-state index contributed by atoms with van der Waals surface area (Å²) in [5.41, 5.74) is 10.9. The van der Waals surface area contributed by atoms with Crippen molar-refractivity contribution < 1.29 is 5.11 Å². The van der Waals surface area contributed by atoms with Crippen molar-refractivity contribution in [2.45, 2.75) is 13.5 Å². The second kappa shape index (κ2) is 7.41. The standard InChI is InChI=1S/C22H16Cl2N4O/c1-12-17(10-25)20(16-8-3-13(23)9-19(16)24)18-11-28(22(29)21(18)27-12)15-6-4-14(26-2)5-7-15/h3-9,11,29H,10,25H2,1H3. The van der Waals surface area contributed by atoms with E-state index in [9.17, 15) is 5.11 Å². The number of rotatable bonds is 3. The summed E-state index contributed by atoms with van der Waals surface area (Å²) >= 11 is 12.6. The maximum atomic E-state index is 10.9. The minimum atomic E-state index is 0.00793. The highest BCUT2D eigenvalue weighted by Gasteiger charge is 2.21. The Labute approximate surface area is 177 Å². The van der Waals surface area contributed by atoms with Gasteiger partial charge in [0.15, 0.2) is 5.69 Å². The Hall–Kier alpha value is -3.04. The molecule has 0 amide bonds. The first-order chi connectivity index (χ1) is 13.9. The van der Waals surface area contributed by atoms with E-state index in [-0.39, 0.29) is 12.4 Å². The summed E-state index contributed by atoms with van der Waals surface area (Å²) in [6, 6.07) is 12.2. The molecule has 0 radical (unpaired) electrons. The van der Waals surface area contributed by atoms with Crippen LogP contribution in [-0.4, -0.2) is 14.7 Å². The van der Waals surface area contributed by atoms with Crippen LogP contribution in [0.5, 0.6) is 5.88 Å². The number of pyridine rings is 1. The van der Waals surface area contributed by atoms with Gasteiger partial charge in [-0.2, -0.15) is 0 Å². The predicted octanol–water partition coefficient (Wildman–Crippen LogP) is 6.02. The van der Waals surface area contributed by atoms with Crippen LogP contribution >= 0.6 is 23.2 Å². The summed E-state index contributed by atoms with van der Waals surface area (Å²) in [6.45, 7) is 9.23. The van der Waals surface area contributed by atoms with Gasteiger partial charge in [0.25, 0.3) is 0 Å². The molecule has 0 aliphatic rings. The first-order valence-corrected chi connectivity index (χ1v) is 9.57. The number of hydrogen-bond donors (Lipinski definition) is 2. The molecule has 4 aromatic rings. The average molecular weight is 423 g/mol. The number of benzene rings is 2. The van der Waals surface area contributed by atoms with Crippen molar-refractivity contribution in [3.63, 3.8) is 0 Å². The van der Waals surface area contributed by atoms with E-state index in [2.05, 4.69) is 9.83 Å². The Bertz CT molecular complexity index is 1290. The van der Waals surface area contributed by atoms with Crippen LogP contribution in [0.25, 0.3) is 32.6 Å². The van der Waals surface area contributed by atoms with Crippen LogP contribution < -0.4 is 5.73 Å². The van der Waals surface area contributed by atoms with Gasteiger partial charge in [-0.1, -0.05) is 41.4 Å². The quantitative estimate of drug-likeness (QED) is 0.396. The van der Waals surface area contributed by atoms with Gasteiger partial charge < -0.3 is 10.8 Å². The van der Waals surface area contributed by atoms with Gasteiger partial charge in [0.2, 0.25) is 5.88 Å². The van der Waals surface area contributed by atoms with Gasteiger partial charge >= 0.3 is 0 Å². The van der Waals surface area contributed by atoms with Crippen LogP contribution in [0.4, 0.5) is 5.69 Å². The van der Waals surface area contributed by atoms with Crippen molar-refractivity contribution in [2.75, 3.05) is 0 Å². The van der Waals surface area contributed by atoms with E-state index in [4.69, 9.17) is 35.5 Å². The number of hydrogen-bond acceptors (Lipinski definition) is 3. The minimum absolute atomic E-state index is 0.00793. The molecule has 5 nitrogen and oxygen atoms in total. The van der Waals surface area contributed by atoms with Gasteiger partial charge in [0, 0.05) is 50.7 Å². The molecule has 0 atom stereocenters. The molecule has 29 heavy (non-hydrogen) atoms. The SMILES string of the molecule is [C-]#[N+]c1ccc(-n2cc3c(-c4ccc(Cl)cc4Cl)c(CN)c(C)nc3c2O)cc1. The molecule has 0 fully saturated rings. The number of fused-ring (bicyclic) bond motifs is 1. The molecule has 0 unspecified atom stereocenters. The fraction of sp³-hybridized carbons (Fsp3) is 0.0909. The Morgan fingerprint density at radius 2 is 1.90 bits per heavy atom. The molecule has 2 aromatic carbocycles. The topological polar surface area (TPSA) is 68.4 Å². The summed E-state index contributed by atoms with van der Waals surface area (Å²) in [5, 5.41) is 12.7. The summed E-state index contributed by atoms with van der Waals surface area (Å²) in [7, 11) is 0. The Morgan fingerprint density at radius 3 is 2.52 bits per heavy atom. The molecule has 2 aromatic heterocycles. The predicted molar refractivity (Wildman–Crippen MR) is 117 cm³/mol. The second-order valence-electron chi connectivity index (χ2n) is 6.59. The molecular formula is C22H16Cl2N4O. The summed E-state index contributed by atoms with van der Waals surface area (Å²) in [6.07, 6.45) is 1.81. The minimum Gasteiger partial charge on any atom is -0.493 e. The molecule has 0 saturated carbocycles. The lowest BCUT2D eigenvalue weighted by Crippen LogP contribution is -2.04. The maximum absolute atomic E-state index is 10.9. The first kappa shape index (κ1) is 19.3. The molecule has 3 N–H and O–H groups in total. The molecular weight excluding hydrogens is 407 g/mol. The van der Waals surface area contributed by atoms with E-state index in [0.29, 0.717) is 26.9 Å². The van der Waals surface area contributed by atoms with Crippen molar-refractivity contribution in [1.82, 2.24) is 9.55 Å². The van der Waals surface area contributed by atoms with E-state index in [1.165, 1.54) is 0 Å². The van der Waals surface area contributed by atoms with Gasteiger partial charge in [-0.05, 0) is 36.8 Å². The third-order valence-electron chi connectivity index (χ3n) is 4.90. The zero-order chi connectivity index (χ0) is 20.7. The number of halogens is 2. The number of nitrogens with two attached hydrogens (primary N) is 1. The summed E-state index contributed by atoms with van der Waals surface area (Å²) < 4.78 is 1.64. The van der Waals surface area contributed by atoms with Gasteiger partial charge in [-0.15, -0.1) is 0 Å². The van der Waals surface area contributed by atoms with Gasteiger partial charge in [0.05, 0.1) is 6.57 Å². The van der Waals surface area contributed by atoms with E-state index >= 15 is 0 Å². The van der Waals surface area contributed by atoms with E-state index in [1.807, 2.05) is 19.2 Å². The molecule has 144 valence electrons. The van der Waals surface area contributed by atoms with Gasteiger partial charge in [-0.3, -0.25) is 4.57 Å². The second-order valence-corrected chi connectivity index (χ2v) is 7.44. The van der Waals surface area contributed by atoms with Crippen molar-refractivity contribution in [2.24, 2.45) is 5.73 Å². The first-order valence-electron chi connectivity index (χ1n) is 8.81. The highest BCUT2D eigenvalue weighted by atomic mass is 35.5. The Kier molecular flexibility index (Phi) is 4.93. The molecule has 2 heterocycles. The maximum Gasteiger partial charge on any atom is 0.223 e. The van der Waals surface area contributed by atoms with Crippen molar-refractivity contribution in [1.29, 1.82) is 0 Å². The molecule has 0 aliphatic carbocycles. The molecule has 0 bridgehead atoms. The fourth-order valence-electron chi connectivity index (χ4n) is 3.49. The highest BCUT2D eigenvalue weighted by Crippen LogP contribution is 2.41. The normalized spacial score (nSPS) is 11.0. The third kappa shape index (κ3) is 3.22. The van der Waals surface area contributed by atoms with Gasteiger partial charge in [-0.25, -0.2) is 9.83 Å². The number of aromatic nitrogens is 2. The lowest BCUT2D eigenvalue weighted by Gasteiger charge is -2.14. The zero-order valence-corrected chi connectivity index (χ0v) is 17.0. The van der Waals surface area contributed by atoms with Crippen molar-refractivity contribution in [3.05, 3.63) is 81.4 Å². The summed E-state index contributed by atoms with van der Waals surface area (Å²) in [4.78, 5) is 7.99. The molecule has 4 rings (SSSR count). The van der Waals surface area contributed by atoms with Crippen LogP contribution in [0.15, 0.2) is 48.7 Å². The number of aryl methyl sites for hydroxylation is 1. The van der Waals surface area contributed by atoms with Gasteiger partial charge in [0.1, 0.15) is 5.52 Å². The smallest absolute Gasteiger partial charge is 0.223 e.